The minimum atomic E-state index is 1.00. The standard InChI is InChI=1S/C20H27N5/c1-16-6-5-7-18(17(16)2)23-10-12-25(13-11-23)20-14-19(21-15-22-20)24-8-3-4-9-24/h5-7,14-15H,3-4,8-13H2,1-2H3. The zero-order valence-electron chi connectivity index (χ0n) is 15.3. The van der Waals surface area contributed by atoms with Gasteiger partial charge in [-0.05, 0) is 43.9 Å². The molecule has 5 heteroatoms. The van der Waals surface area contributed by atoms with Gasteiger partial charge in [0.15, 0.2) is 0 Å². The molecule has 0 spiro atoms. The third kappa shape index (κ3) is 3.28. The van der Waals surface area contributed by atoms with Gasteiger partial charge in [0.1, 0.15) is 18.0 Å². The molecule has 132 valence electrons. The van der Waals surface area contributed by atoms with E-state index in [1.54, 1.807) is 6.33 Å². The lowest BCUT2D eigenvalue weighted by atomic mass is 10.1. The summed E-state index contributed by atoms with van der Waals surface area (Å²) in [5.74, 6) is 2.15. The molecule has 0 atom stereocenters. The van der Waals surface area contributed by atoms with Crippen LogP contribution in [0.3, 0.4) is 0 Å². The summed E-state index contributed by atoms with van der Waals surface area (Å²) < 4.78 is 0. The van der Waals surface area contributed by atoms with Gasteiger partial charge in [0.25, 0.3) is 0 Å². The molecule has 0 saturated carbocycles. The van der Waals surface area contributed by atoms with Crippen LogP contribution < -0.4 is 14.7 Å². The summed E-state index contributed by atoms with van der Waals surface area (Å²) in [6, 6.07) is 8.76. The van der Waals surface area contributed by atoms with E-state index in [-0.39, 0.29) is 0 Å². The molecule has 0 radical (unpaired) electrons. The Labute approximate surface area is 150 Å². The normalized spacial score (nSPS) is 18.1. The van der Waals surface area contributed by atoms with Gasteiger partial charge in [0, 0.05) is 51.0 Å². The van der Waals surface area contributed by atoms with Gasteiger partial charge in [-0.15, -0.1) is 0 Å². The molecule has 5 nitrogen and oxygen atoms in total. The van der Waals surface area contributed by atoms with Gasteiger partial charge in [-0.25, -0.2) is 9.97 Å². The van der Waals surface area contributed by atoms with Gasteiger partial charge in [-0.3, -0.25) is 0 Å². The smallest absolute Gasteiger partial charge is 0.134 e. The molecule has 4 rings (SSSR count). The first-order chi connectivity index (χ1) is 12.2. The molecule has 0 bridgehead atoms. The molecule has 2 aliphatic heterocycles. The molecular formula is C20H27N5. The number of rotatable bonds is 3. The lowest BCUT2D eigenvalue weighted by Gasteiger charge is -2.37. The molecule has 0 unspecified atom stereocenters. The van der Waals surface area contributed by atoms with E-state index in [0.29, 0.717) is 0 Å². The molecule has 0 N–H and O–H groups in total. The Hall–Kier alpha value is -2.30. The van der Waals surface area contributed by atoms with Gasteiger partial charge in [0.05, 0.1) is 0 Å². The first-order valence-corrected chi connectivity index (χ1v) is 9.35. The largest absolute Gasteiger partial charge is 0.368 e. The van der Waals surface area contributed by atoms with E-state index in [9.17, 15) is 0 Å². The maximum absolute atomic E-state index is 4.53. The zero-order chi connectivity index (χ0) is 17.2. The van der Waals surface area contributed by atoms with E-state index in [1.807, 2.05) is 0 Å². The topological polar surface area (TPSA) is 35.5 Å². The number of piperazine rings is 1. The Kier molecular flexibility index (Phi) is 4.47. The van der Waals surface area contributed by atoms with Crippen LogP contribution in [0.25, 0.3) is 0 Å². The average Bonchev–Trinajstić information content (AvgIpc) is 3.19. The Bertz CT molecular complexity index is 731. The number of nitrogens with zero attached hydrogens (tertiary/aromatic N) is 5. The molecule has 1 aromatic carbocycles. The van der Waals surface area contributed by atoms with Gasteiger partial charge in [-0.2, -0.15) is 0 Å². The highest BCUT2D eigenvalue weighted by atomic mass is 15.3. The predicted octanol–water partition coefficient (Wildman–Crippen LogP) is 3.02. The van der Waals surface area contributed by atoms with E-state index in [2.05, 4.69) is 62.8 Å². The predicted molar refractivity (Wildman–Crippen MR) is 104 cm³/mol. The van der Waals surface area contributed by atoms with Crippen LogP contribution in [0.2, 0.25) is 0 Å². The SMILES string of the molecule is Cc1cccc(N2CCN(c3cc(N4CCCC4)ncn3)CC2)c1C. The first-order valence-electron chi connectivity index (χ1n) is 9.35. The molecule has 2 saturated heterocycles. The van der Waals surface area contributed by atoms with Crippen molar-refractivity contribution in [2.45, 2.75) is 26.7 Å². The summed E-state index contributed by atoms with van der Waals surface area (Å²) in [6.45, 7) is 10.7. The van der Waals surface area contributed by atoms with E-state index in [1.165, 1.54) is 29.7 Å². The highest BCUT2D eigenvalue weighted by Crippen LogP contribution is 2.26. The van der Waals surface area contributed by atoms with Crippen LogP contribution in [-0.2, 0) is 0 Å². The second-order valence-electron chi connectivity index (χ2n) is 7.12. The van der Waals surface area contributed by atoms with Gasteiger partial charge in [-0.1, -0.05) is 12.1 Å². The number of aryl methyl sites for hydroxylation is 1. The second-order valence-corrected chi connectivity index (χ2v) is 7.12. The highest BCUT2D eigenvalue weighted by Gasteiger charge is 2.21. The summed E-state index contributed by atoms with van der Waals surface area (Å²) in [7, 11) is 0. The van der Waals surface area contributed by atoms with Crippen molar-refractivity contribution in [1.82, 2.24) is 9.97 Å². The number of anilines is 3. The summed E-state index contributed by atoms with van der Waals surface area (Å²) in [5.41, 5.74) is 4.14. The minimum Gasteiger partial charge on any atom is -0.368 e. The van der Waals surface area contributed by atoms with Crippen LogP contribution in [0.1, 0.15) is 24.0 Å². The van der Waals surface area contributed by atoms with E-state index in [0.717, 1.165) is 50.9 Å². The molecule has 0 aliphatic carbocycles. The fourth-order valence-electron chi connectivity index (χ4n) is 3.88. The Morgan fingerprint density at radius 2 is 1.36 bits per heavy atom. The van der Waals surface area contributed by atoms with Crippen LogP contribution in [0.15, 0.2) is 30.6 Å². The van der Waals surface area contributed by atoms with Crippen molar-refractivity contribution in [3.8, 4) is 0 Å². The Balaban J connectivity index is 1.45. The number of hydrogen-bond donors (Lipinski definition) is 0. The number of benzene rings is 1. The van der Waals surface area contributed by atoms with Crippen LogP contribution in [0.5, 0.6) is 0 Å². The van der Waals surface area contributed by atoms with Crippen molar-refractivity contribution >= 4 is 17.3 Å². The second kappa shape index (κ2) is 6.90. The number of hydrogen-bond acceptors (Lipinski definition) is 5. The highest BCUT2D eigenvalue weighted by molar-refractivity contribution is 5.58. The molecule has 0 amide bonds. The van der Waals surface area contributed by atoms with Crippen molar-refractivity contribution in [1.29, 1.82) is 0 Å². The van der Waals surface area contributed by atoms with Crippen molar-refractivity contribution in [2.75, 3.05) is 54.0 Å². The van der Waals surface area contributed by atoms with Gasteiger partial charge >= 0.3 is 0 Å². The van der Waals surface area contributed by atoms with Crippen molar-refractivity contribution in [2.24, 2.45) is 0 Å². The quantitative estimate of drug-likeness (QED) is 0.860. The molecule has 3 heterocycles. The van der Waals surface area contributed by atoms with Crippen molar-refractivity contribution in [3.05, 3.63) is 41.7 Å². The Morgan fingerprint density at radius 3 is 2.04 bits per heavy atom. The molecule has 2 fully saturated rings. The van der Waals surface area contributed by atoms with Crippen LogP contribution in [0, 0.1) is 13.8 Å². The third-order valence-electron chi connectivity index (χ3n) is 5.59. The van der Waals surface area contributed by atoms with E-state index < -0.39 is 0 Å². The third-order valence-corrected chi connectivity index (χ3v) is 5.59. The fraction of sp³-hybridized carbons (Fsp3) is 0.500. The number of aromatic nitrogens is 2. The molecule has 25 heavy (non-hydrogen) atoms. The maximum atomic E-state index is 4.53. The lowest BCUT2D eigenvalue weighted by molar-refractivity contribution is 0.645. The monoisotopic (exact) mass is 337 g/mol. The Morgan fingerprint density at radius 1 is 0.760 bits per heavy atom. The van der Waals surface area contributed by atoms with E-state index >= 15 is 0 Å². The zero-order valence-corrected chi connectivity index (χ0v) is 15.3. The molecular weight excluding hydrogens is 310 g/mol. The summed E-state index contributed by atoms with van der Waals surface area (Å²) in [4.78, 5) is 16.3. The first kappa shape index (κ1) is 16.2. The molecule has 1 aromatic heterocycles. The minimum absolute atomic E-state index is 1.00. The summed E-state index contributed by atoms with van der Waals surface area (Å²) in [6.07, 6.45) is 4.27. The average molecular weight is 337 g/mol. The molecule has 2 aromatic rings. The van der Waals surface area contributed by atoms with Gasteiger partial charge in [0.2, 0.25) is 0 Å². The van der Waals surface area contributed by atoms with Crippen molar-refractivity contribution in [3.63, 3.8) is 0 Å². The van der Waals surface area contributed by atoms with Crippen LogP contribution in [-0.4, -0.2) is 49.2 Å². The van der Waals surface area contributed by atoms with Crippen LogP contribution in [0.4, 0.5) is 17.3 Å². The van der Waals surface area contributed by atoms with E-state index in [4.69, 9.17) is 0 Å². The van der Waals surface area contributed by atoms with Crippen LogP contribution >= 0.6 is 0 Å². The fourth-order valence-corrected chi connectivity index (χ4v) is 3.88. The van der Waals surface area contributed by atoms with Gasteiger partial charge < -0.3 is 14.7 Å². The lowest BCUT2D eigenvalue weighted by Crippen LogP contribution is -2.47. The summed E-state index contributed by atoms with van der Waals surface area (Å²) in [5, 5.41) is 0. The summed E-state index contributed by atoms with van der Waals surface area (Å²) >= 11 is 0. The maximum Gasteiger partial charge on any atom is 0.134 e. The van der Waals surface area contributed by atoms with Crippen molar-refractivity contribution < 1.29 is 0 Å². The molecule has 2 aliphatic rings.